The number of para-hydroxylation sites is 1. The molecule has 0 bridgehead atoms. The van der Waals surface area contributed by atoms with Crippen LogP contribution in [-0.4, -0.2) is 29.3 Å². The molecule has 1 aromatic carbocycles. The van der Waals surface area contributed by atoms with E-state index in [-0.39, 0.29) is 5.75 Å². The van der Waals surface area contributed by atoms with Crippen LogP contribution in [0.2, 0.25) is 0 Å². The zero-order chi connectivity index (χ0) is 14.3. The number of aliphatic carboxylic acids is 1. The van der Waals surface area contributed by atoms with Gasteiger partial charge in [0.1, 0.15) is 6.04 Å². The van der Waals surface area contributed by atoms with E-state index < -0.39 is 12.0 Å². The van der Waals surface area contributed by atoms with Gasteiger partial charge in [-0.05, 0) is 19.4 Å². The Kier molecular flexibility index (Phi) is 5.89. The number of phenols is 1. The Morgan fingerprint density at radius 2 is 2.26 bits per heavy atom. The van der Waals surface area contributed by atoms with Gasteiger partial charge in [-0.25, -0.2) is 0 Å². The number of hydrogen-bond donors (Lipinski definition) is 3. The molecule has 0 aliphatic heterocycles. The quantitative estimate of drug-likeness (QED) is 0.656. The molecule has 5 heteroatoms. The van der Waals surface area contributed by atoms with E-state index in [0.29, 0.717) is 24.3 Å². The van der Waals surface area contributed by atoms with Crippen molar-refractivity contribution in [1.82, 2.24) is 5.32 Å². The second-order valence-electron chi connectivity index (χ2n) is 4.05. The summed E-state index contributed by atoms with van der Waals surface area (Å²) in [4.78, 5) is 11.1. The summed E-state index contributed by atoms with van der Waals surface area (Å²) in [5.41, 5.74) is 0.717. The van der Waals surface area contributed by atoms with Crippen molar-refractivity contribution in [1.29, 1.82) is 0 Å². The van der Waals surface area contributed by atoms with Crippen LogP contribution in [0.4, 0.5) is 0 Å². The fourth-order valence-corrected chi connectivity index (χ4v) is 1.72. The SMILES string of the molecule is C/C=C/CC(NCc1cccc(O)c1OC)C(=O)O. The number of carbonyl (C=O) groups is 1. The first-order chi connectivity index (χ1) is 9.10. The lowest BCUT2D eigenvalue weighted by Crippen LogP contribution is -2.35. The van der Waals surface area contributed by atoms with Crippen molar-refractivity contribution in [2.75, 3.05) is 7.11 Å². The van der Waals surface area contributed by atoms with Crippen LogP contribution < -0.4 is 10.1 Å². The lowest BCUT2D eigenvalue weighted by atomic mass is 10.1. The summed E-state index contributed by atoms with van der Waals surface area (Å²) in [5, 5.41) is 21.6. The van der Waals surface area contributed by atoms with Crippen molar-refractivity contribution < 1.29 is 19.7 Å². The molecule has 19 heavy (non-hydrogen) atoms. The molecule has 3 N–H and O–H groups in total. The van der Waals surface area contributed by atoms with Crippen LogP contribution in [0.1, 0.15) is 18.9 Å². The van der Waals surface area contributed by atoms with Gasteiger partial charge in [-0.2, -0.15) is 0 Å². The minimum Gasteiger partial charge on any atom is -0.504 e. The first-order valence-electron chi connectivity index (χ1n) is 6.02. The molecular weight excluding hydrogens is 246 g/mol. The van der Waals surface area contributed by atoms with E-state index in [1.807, 2.05) is 13.0 Å². The molecule has 0 aromatic heterocycles. The minimum absolute atomic E-state index is 0.0436. The minimum atomic E-state index is -0.905. The van der Waals surface area contributed by atoms with Crippen molar-refractivity contribution in [3.63, 3.8) is 0 Å². The average Bonchev–Trinajstić information content (AvgIpc) is 2.38. The first-order valence-corrected chi connectivity index (χ1v) is 6.02. The summed E-state index contributed by atoms with van der Waals surface area (Å²) in [5.74, 6) is -0.496. The third kappa shape index (κ3) is 4.30. The van der Waals surface area contributed by atoms with Crippen molar-refractivity contribution >= 4 is 5.97 Å². The van der Waals surface area contributed by atoms with Gasteiger partial charge in [0.15, 0.2) is 11.5 Å². The Morgan fingerprint density at radius 1 is 1.53 bits per heavy atom. The van der Waals surface area contributed by atoms with Crippen LogP contribution in [0.15, 0.2) is 30.4 Å². The van der Waals surface area contributed by atoms with E-state index in [0.717, 1.165) is 0 Å². The van der Waals surface area contributed by atoms with E-state index in [1.54, 1.807) is 18.2 Å². The van der Waals surface area contributed by atoms with Crippen molar-refractivity contribution in [2.45, 2.75) is 25.9 Å². The fraction of sp³-hybridized carbons (Fsp3) is 0.357. The molecule has 0 spiro atoms. The zero-order valence-corrected chi connectivity index (χ0v) is 11.1. The normalized spacial score (nSPS) is 12.5. The van der Waals surface area contributed by atoms with Gasteiger partial charge in [0.05, 0.1) is 7.11 Å². The van der Waals surface area contributed by atoms with Gasteiger partial charge < -0.3 is 14.9 Å². The number of methoxy groups -OCH3 is 1. The van der Waals surface area contributed by atoms with Crippen LogP contribution in [-0.2, 0) is 11.3 Å². The second-order valence-corrected chi connectivity index (χ2v) is 4.05. The molecule has 0 fully saturated rings. The first kappa shape index (κ1) is 15.0. The average molecular weight is 265 g/mol. The highest BCUT2D eigenvalue weighted by atomic mass is 16.5. The van der Waals surface area contributed by atoms with Gasteiger partial charge in [0.25, 0.3) is 0 Å². The molecule has 1 rings (SSSR count). The van der Waals surface area contributed by atoms with Crippen molar-refractivity contribution in [3.05, 3.63) is 35.9 Å². The molecule has 0 radical (unpaired) electrons. The summed E-state index contributed by atoms with van der Waals surface area (Å²) in [7, 11) is 1.47. The lowest BCUT2D eigenvalue weighted by molar-refractivity contribution is -0.139. The van der Waals surface area contributed by atoms with Gasteiger partial charge in [0.2, 0.25) is 0 Å². The number of phenolic OH excluding ortho intramolecular Hbond substituents is 1. The molecule has 1 unspecified atom stereocenters. The highest BCUT2D eigenvalue weighted by molar-refractivity contribution is 5.73. The largest absolute Gasteiger partial charge is 0.504 e. The standard InChI is InChI=1S/C14H19NO4/c1-3-4-7-11(14(17)18)15-9-10-6-5-8-12(16)13(10)19-2/h3-6,8,11,15-16H,7,9H2,1-2H3,(H,17,18)/b4-3+. The molecule has 0 aliphatic carbocycles. The number of nitrogens with one attached hydrogen (secondary N) is 1. The maximum absolute atomic E-state index is 11.1. The van der Waals surface area contributed by atoms with Crippen LogP contribution in [0, 0.1) is 0 Å². The highest BCUT2D eigenvalue weighted by Gasteiger charge is 2.16. The summed E-state index contributed by atoms with van der Waals surface area (Å²) in [6, 6.07) is 4.33. The third-order valence-electron chi connectivity index (χ3n) is 2.72. The summed E-state index contributed by atoms with van der Waals surface area (Å²) >= 11 is 0. The Balaban J connectivity index is 2.74. The Labute approximate surface area is 112 Å². The fourth-order valence-electron chi connectivity index (χ4n) is 1.72. The van der Waals surface area contributed by atoms with Crippen molar-refractivity contribution in [2.24, 2.45) is 0 Å². The molecule has 1 aromatic rings. The summed E-state index contributed by atoms with van der Waals surface area (Å²) in [6.07, 6.45) is 4.02. The Bertz CT molecular complexity index is 457. The summed E-state index contributed by atoms with van der Waals surface area (Å²) in [6.45, 7) is 2.16. The van der Waals surface area contributed by atoms with Crippen molar-refractivity contribution in [3.8, 4) is 11.5 Å². The lowest BCUT2D eigenvalue weighted by Gasteiger charge is -2.15. The molecule has 104 valence electrons. The predicted octanol–water partition coefficient (Wildman–Crippen LogP) is 1.91. The molecule has 1 atom stereocenters. The van der Waals surface area contributed by atoms with E-state index in [2.05, 4.69) is 5.32 Å². The monoisotopic (exact) mass is 265 g/mol. The third-order valence-corrected chi connectivity index (χ3v) is 2.72. The van der Waals surface area contributed by atoms with Crippen LogP contribution >= 0.6 is 0 Å². The smallest absolute Gasteiger partial charge is 0.321 e. The van der Waals surface area contributed by atoms with Gasteiger partial charge in [-0.3, -0.25) is 10.1 Å². The van der Waals surface area contributed by atoms with E-state index >= 15 is 0 Å². The molecule has 5 nitrogen and oxygen atoms in total. The molecule has 0 saturated heterocycles. The number of benzene rings is 1. The van der Waals surface area contributed by atoms with Gasteiger partial charge in [-0.1, -0.05) is 24.3 Å². The predicted molar refractivity (Wildman–Crippen MR) is 72.4 cm³/mol. The highest BCUT2D eigenvalue weighted by Crippen LogP contribution is 2.29. The zero-order valence-electron chi connectivity index (χ0n) is 11.1. The van der Waals surface area contributed by atoms with Crippen LogP contribution in [0.5, 0.6) is 11.5 Å². The maximum atomic E-state index is 11.1. The van der Waals surface area contributed by atoms with Crippen LogP contribution in [0.25, 0.3) is 0 Å². The molecular formula is C14H19NO4. The number of ether oxygens (including phenoxy) is 1. The van der Waals surface area contributed by atoms with Gasteiger partial charge >= 0.3 is 5.97 Å². The van der Waals surface area contributed by atoms with E-state index in [9.17, 15) is 9.90 Å². The summed E-state index contributed by atoms with van der Waals surface area (Å²) < 4.78 is 5.10. The number of aromatic hydroxyl groups is 1. The molecule has 0 heterocycles. The number of carboxylic acids is 1. The number of allylic oxidation sites excluding steroid dienone is 1. The maximum Gasteiger partial charge on any atom is 0.321 e. The Hall–Kier alpha value is -2.01. The topological polar surface area (TPSA) is 78.8 Å². The molecule has 0 amide bonds. The Morgan fingerprint density at radius 3 is 2.84 bits per heavy atom. The van der Waals surface area contributed by atoms with E-state index in [4.69, 9.17) is 9.84 Å². The number of rotatable bonds is 7. The number of carboxylic acid groups (broad SMARTS) is 1. The van der Waals surface area contributed by atoms with Gasteiger partial charge in [-0.15, -0.1) is 0 Å². The second kappa shape index (κ2) is 7.43. The molecule has 0 aliphatic rings. The van der Waals surface area contributed by atoms with Crippen LogP contribution in [0.3, 0.4) is 0 Å². The molecule has 0 saturated carbocycles. The number of hydrogen-bond acceptors (Lipinski definition) is 4. The van der Waals surface area contributed by atoms with Gasteiger partial charge in [0, 0.05) is 12.1 Å². The van der Waals surface area contributed by atoms with E-state index in [1.165, 1.54) is 13.2 Å².